The zero-order chi connectivity index (χ0) is 23.0. The number of ether oxygens (including phenoxy) is 2. The van der Waals surface area contributed by atoms with Crippen molar-refractivity contribution in [2.24, 2.45) is 0 Å². The zero-order valence-electron chi connectivity index (χ0n) is 17.9. The molecule has 0 bridgehead atoms. The minimum atomic E-state index is -0.422. The maximum absolute atomic E-state index is 12.3. The molecule has 0 atom stereocenters. The number of hydrogen-bond acceptors (Lipinski definition) is 4. The van der Waals surface area contributed by atoms with Gasteiger partial charge in [-0.25, -0.2) is 9.59 Å². The maximum Gasteiger partial charge on any atom is 0.343 e. The molecule has 0 saturated heterocycles. The Bertz CT molecular complexity index is 1310. The van der Waals surface area contributed by atoms with Crippen LogP contribution in [0.5, 0.6) is 11.5 Å². The molecule has 0 aromatic heterocycles. The average molecular weight is 432 g/mol. The first-order chi connectivity index (χ1) is 16.1. The zero-order valence-corrected chi connectivity index (χ0v) is 17.9. The van der Waals surface area contributed by atoms with Crippen LogP contribution in [0.1, 0.15) is 37.4 Å². The number of esters is 2. The van der Waals surface area contributed by atoms with Gasteiger partial charge in [-0.1, -0.05) is 47.7 Å². The summed E-state index contributed by atoms with van der Waals surface area (Å²) in [6.45, 7) is 1.97. The Morgan fingerprint density at radius 1 is 0.545 bits per heavy atom. The Morgan fingerprint density at radius 3 is 1.42 bits per heavy atom. The molecular weight excluding hydrogens is 412 g/mol. The van der Waals surface area contributed by atoms with Crippen molar-refractivity contribution < 1.29 is 19.1 Å². The summed E-state index contributed by atoms with van der Waals surface area (Å²) in [5.74, 6) is 6.27. The van der Waals surface area contributed by atoms with E-state index in [9.17, 15) is 9.59 Å². The van der Waals surface area contributed by atoms with Gasteiger partial charge in [0, 0.05) is 11.1 Å². The van der Waals surface area contributed by atoms with Crippen LogP contribution >= 0.6 is 0 Å². The molecule has 0 aliphatic rings. The van der Waals surface area contributed by atoms with E-state index in [4.69, 9.17) is 9.47 Å². The van der Waals surface area contributed by atoms with Gasteiger partial charge >= 0.3 is 11.9 Å². The number of rotatable bonds is 4. The monoisotopic (exact) mass is 432 g/mol. The fourth-order valence-electron chi connectivity index (χ4n) is 2.95. The Kier molecular flexibility index (Phi) is 6.63. The molecule has 0 amide bonds. The highest BCUT2D eigenvalue weighted by Crippen LogP contribution is 2.15. The van der Waals surface area contributed by atoms with Crippen molar-refractivity contribution in [3.05, 3.63) is 131 Å². The molecule has 4 aromatic rings. The van der Waals surface area contributed by atoms with E-state index >= 15 is 0 Å². The standard InChI is InChI=1S/C29H20O4/c1-21-7-19-27(20-8-21)33-29(31)25-17-13-23(14-18-25)10-9-22-11-15-24(16-12-22)28(30)32-26-5-3-2-4-6-26/h2-8,11-20H,1H3. The number of benzene rings is 4. The lowest BCUT2D eigenvalue weighted by Crippen LogP contribution is -2.08. The quantitative estimate of drug-likeness (QED) is 0.231. The minimum absolute atomic E-state index is 0.420. The van der Waals surface area contributed by atoms with Crippen molar-refractivity contribution in [1.82, 2.24) is 0 Å². The smallest absolute Gasteiger partial charge is 0.343 e. The van der Waals surface area contributed by atoms with Crippen LogP contribution in [0.25, 0.3) is 0 Å². The molecule has 33 heavy (non-hydrogen) atoms. The van der Waals surface area contributed by atoms with Gasteiger partial charge in [-0.3, -0.25) is 0 Å². The third-order valence-electron chi connectivity index (χ3n) is 4.78. The molecule has 0 heterocycles. The number of para-hydroxylation sites is 1. The van der Waals surface area contributed by atoms with Gasteiger partial charge in [-0.05, 0) is 79.7 Å². The van der Waals surface area contributed by atoms with E-state index in [1.54, 1.807) is 84.9 Å². The van der Waals surface area contributed by atoms with Crippen LogP contribution in [-0.4, -0.2) is 11.9 Å². The van der Waals surface area contributed by atoms with Crippen LogP contribution in [0.3, 0.4) is 0 Å². The summed E-state index contributed by atoms with van der Waals surface area (Å²) in [7, 11) is 0. The van der Waals surface area contributed by atoms with Gasteiger partial charge in [0.1, 0.15) is 11.5 Å². The minimum Gasteiger partial charge on any atom is -0.423 e. The van der Waals surface area contributed by atoms with E-state index in [1.165, 1.54) is 0 Å². The summed E-state index contributed by atoms with van der Waals surface area (Å²) in [6, 6.07) is 30.0. The van der Waals surface area contributed by atoms with Gasteiger partial charge in [0.05, 0.1) is 11.1 Å². The topological polar surface area (TPSA) is 52.6 Å². The number of carbonyl (C=O) groups excluding carboxylic acids is 2. The second-order valence-corrected chi connectivity index (χ2v) is 7.31. The molecule has 4 aromatic carbocycles. The molecule has 160 valence electrons. The second kappa shape index (κ2) is 10.1. The van der Waals surface area contributed by atoms with Crippen molar-refractivity contribution in [2.75, 3.05) is 0 Å². The van der Waals surface area contributed by atoms with Crippen molar-refractivity contribution >= 4 is 11.9 Å². The summed E-state index contributed by atoms with van der Waals surface area (Å²) >= 11 is 0. The largest absolute Gasteiger partial charge is 0.423 e. The second-order valence-electron chi connectivity index (χ2n) is 7.31. The van der Waals surface area contributed by atoms with Crippen molar-refractivity contribution in [3.63, 3.8) is 0 Å². The van der Waals surface area contributed by atoms with Gasteiger partial charge in [-0.2, -0.15) is 0 Å². The Morgan fingerprint density at radius 2 is 0.970 bits per heavy atom. The number of aryl methyl sites for hydroxylation is 1. The molecule has 0 N–H and O–H groups in total. The third kappa shape index (κ3) is 5.96. The van der Waals surface area contributed by atoms with E-state index < -0.39 is 11.9 Å². The Hall–Kier alpha value is -4.62. The molecule has 0 unspecified atom stereocenters. The summed E-state index contributed by atoms with van der Waals surface area (Å²) in [5.41, 5.74) is 3.51. The van der Waals surface area contributed by atoms with E-state index in [0.717, 1.165) is 16.7 Å². The van der Waals surface area contributed by atoms with Crippen LogP contribution in [0.4, 0.5) is 0 Å². The molecule has 4 nitrogen and oxygen atoms in total. The van der Waals surface area contributed by atoms with Gasteiger partial charge < -0.3 is 9.47 Å². The first-order valence-corrected chi connectivity index (χ1v) is 10.3. The maximum atomic E-state index is 12.3. The van der Waals surface area contributed by atoms with Crippen molar-refractivity contribution in [1.29, 1.82) is 0 Å². The lowest BCUT2D eigenvalue weighted by molar-refractivity contribution is 0.0725. The molecule has 4 rings (SSSR count). The van der Waals surface area contributed by atoms with Gasteiger partial charge in [0.25, 0.3) is 0 Å². The van der Waals surface area contributed by atoms with Crippen molar-refractivity contribution in [2.45, 2.75) is 6.92 Å². The van der Waals surface area contributed by atoms with Gasteiger partial charge in [0.2, 0.25) is 0 Å². The highest BCUT2D eigenvalue weighted by atomic mass is 16.5. The molecule has 0 aliphatic carbocycles. The van der Waals surface area contributed by atoms with E-state index in [-0.39, 0.29) is 0 Å². The van der Waals surface area contributed by atoms with Gasteiger partial charge in [0.15, 0.2) is 0 Å². The lowest BCUT2D eigenvalue weighted by atomic mass is 10.1. The van der Waals surface area contributed by atoms with Crippen LogP contribution in [0.2, 0.25) is 0 Å². The molecule has 0 spiro atoms. The molecule has 0 saturated carbocycles. The van der Waals surface area contributed by atoms with Gasteiger partial charge in [-0.15, -0.1) is 0 Å². The lowest BCUT2D eigenvalue weighted by Gasteiger charge is -2.04. The third-order valence-corrected chi connectivity index (χ3v) is 4.78. The summed E-state index contributed by atoms with van der Waals surface area (Å²) in [6.07, 6.45) is 0. The highest BCUT2D eigenvalue weighted by Gasteiger charge is 2.09. The van der Waals surface area contributed by atoms with E-state index in [1.807, 2.05) is 25.1 Å². The number of carbonyl (C=O) groups is 2. The SMILES string of the molecule is Cc1ccc(OC(=O)c2ccc(C#Cc3ccc(C(=O)Oc4ccccc4)cc3)cc2)cc1. The predicted octanol–water partition coefficient (Wildman–Crippen LogP) is 5.83. The summed E-state index contributed by atoms with van der Waals surface area (Å²) in [4.78, 5) is 24.5. The van der Waals surface area contributed by atoms with Crippen LogP contribution < -0.4 is 9.47 Å². The molecular formula is C29H20O4. The van der Waals surface area contributed by atoms with E-state index in [2.05, 4.69) is 11.8 Å². The van der Waals surface area contributed by atoms with Crippen LogP contribution in [0.15, 0.2) is 103 Å². The predicted molar refractivity (Wildman–Crippen MR) is 126 cm³/mol. The molecule has 0 fully saturated rings. The first-order valence-electron chi connectivity index (χ1n) is 10.3. The summed E-state index contributed by atoms with van der Waals surface area (Å²) < 4.78 is 10.7. The Balaban J connectivity index is 1.37. The fraction of sp³-hybridized carbons (Fsp3) is 0.0345. The van der Waals surface area contributed by atoms with Crippen LogP contribution in [0, 0.1) is 18.8 Å². The average Bonchev–Trinajstić information content (AvgIpc) is 2.85. The van der Waals surface area contributed by atoms with Crippen LogP contribution in [-0.2, 0) is 0 Å². The molecule has 0 radical (unpaired) electrons. The molecule has 0 aliphatic heterocycles. The first kappa shape index (κ1) is 21.6. The van der Waals surface area contributed by atoms with E-state index in [0.29, 0.717) is 22.6 Å². The number of hydrogen-bond donors (Lipinski definition) is 0. The Labute approximate surface area is 192 Å². The molecule has 4 heteroatoms. The highest BCUT2D eigenvalue weighted by molar-refractivity contribution is 5.91. The summed E-state index contributed by atoms with van der Waals surface area (Å²) in [5, 5.41) is 0. The van der Waals surface area contributed by atoms with Crippen molar-refractivity contribution in [3.8, 4) is 23.3 Å². The normalized spacial score (nSPS) is 9.97. The fourth-order valence-corrected chi connectivity index (χ4v) is 2.95.